The van der Waals surface area contributed by atoms with Crippen molar-refractivity contribution in [3.63, 3.8) is 0 Å². The third kappa shape index (κ3) is 4.42. The first-order valence-corrected chi connectivity index (χ1v) is 11.6. The van der Waals surface area contributed by atoms with Crippen LogP contribution in [-0.4, -0.2) is 27.6 Å². The average molecular weight is 445 g/mol. The summed E-state index contributed by atoms with van der Waals surface area (Å²) in [5.41, 5.74) is 4.20. The standard InChI is InChI=1S/C27H32N4O2/c1-18(2)15-21-17-26(29(5)28-21)27(33)30-19(3)16-25(23-13-9-10-14-24(23)30)31(20(4)32)22-11-7-6-8-12-22/h6-14,17-19,25H,15-16H2,1-5H3/t19-,25+/m1/s1. The molecule has 0 aliphatic carbocycles. The lowest BCUT2D eigenvalue weighted by Gasteiger charge is -2.43. The third-order valence-corrected chi connectivity index (χ3v) is 6.23. The molecule has 1 aliphatic rings. The van der Waals surface area contributed by atoms with Gasteiger partial charge in [-0.1, -0.05) is 50.2 Å². The van der Waals surface area contributed by atoms with Gasteiger partial charge in [-0.2, -0.15) is 5.10 Å². The normalized spacial score (nSPS) is 17.7. The molecule has 2 atom stereocenters. The Bertz CT molecular complexity index is 1150. The van der Waals surface area contributed by atoms with E-state index in [1.54, 1.807) is 11.6 Å². The molecule has 6 heteroatoms. The van der Waals surface area contributed by atoms with Crippen LogP contribution in [0.15, 0.2) is 60.7 Å². The van der Waals surface area contributed by atoms with Gasteiger partial charge in [-0.25, -0.2) is 0 Å². The molecule has 0 bridgehead atoms. The molecule has 33 heavy (non-hydrogen) atoms. The second-order valence-electron chi connectivity index (χ2n) is 9.30. The van der Waals surface area contributed by atoms with Crippen molar-refractivity contribution in [3.8, 4) is 0 Å². The summed E-state index contributed by atoms with van der Waals surface area (Å²) in [5.74, 6) is 0.388. The van der Waals surface area contributed by atoms with E-state index in [0.717, 1.165) is 29.1 Å². The Kier molecular flexibility index (Phi) is 6.36. The molecular formula is C27H32N4O2. The number of hydrogen-bond donors (Lipinski definition) is 0. The Morgan fingerprint density at radius 3 is 2.42 bits per heavy atom. The van der Waals surface area contributed by atoms with Crippen LogP contribution >= 0.6 is 0 Å². The van der Waals surface area contributed by atoms with E-state index in [4.69, 9.17) is 0 Å². The highest BCUT2D eigenvalue weighted by Crippen LogP contribution is 2.42. The minimum Gasteiger partial charge on any atom is -0.305 e. The zero-order valence-electron chi connectivity index (χ0n) is 20.0. The van der Waals surface area contributed by atoms with Crippen LogP contribution < -0.4 is 9.80 Å². The topological polar surface area (TPSA) is 58.4 Å². The first-order valence-electron chi connectivity index (χ1n) is 11.6. The number of rotatable bonds is 5. The Labute approximate surface area is 195 Å². The predicted octanol–water partition coefficient (Wildman–Crippen LogP) is 5.15. The maximum absolute atomic E-state index is 13.8. The smallest absolute Gasteiger partial charge is 0.276 e. The summed E-state index contributed by atoms with van der Waals surface area (Å²) in [6, 6.07) is 19.3. The summed E-state index contributed by atoms with van der Waals surface area (Å²) in [5, 5.41) is 4.57. The first-order chi connectivity index (χ1) is 15.8. The van der Waals surface area contributed by atoms with Crippen molar-refractivity contribution >= 4 is 23.2 Å². The number of amides is 2. The van der Waals surface area contributed by atoms with Gasteiger partial charge in [-0.3, -0.25) is 14.3 Å². The van der Waals surface area contributed by atoms with Crippen molar-refractivity contribution in [1.29, 1.82) is 0 Å². The van der Waals surface area contributed by atoms with Gasteiger partial charge >= 0.3 is 0 Å². The summed E-state index contributed by atoms with van der Waals surface area (Å²) in [6.45, 7) is 7.94. The first kappa shape index (κ1) is 22.8. The highest BCUT2D eigenvalue weighted by molar-refractivity contribution is 6.06. The molecule has 2 amide bonds. The molecule has 0 radical (unpaired) electrons. The number of nitrogens with zero attached hydrogens (tertiary/aromatic N) is 4. The van der Waals surface area contributed by atoms with Crippen LogP contribution in [0.3, 0.4) is 0 Å². The molecule has 6 nitrogen and oxygen atoms in total. The van der Waals surface area contributed by atoms with Gasteiger partial charge < -0.3 is 9.80 Å². The maximum Gasteiger partial charge on any atom is 0.276 e. The molecule has 3 aromatic rings. The van der Waals surface area contributed by atoms with Crippen molar-refractivity contribution in [3.05, 3.63) is 77.6 Å². The second kappa shape index (κ2) is 9.22. The third-order valence-electron chi connectivity index (χ3n) is 6.23. The Balaban J connectivity index is 1.74. The molecule has 1 aromatic heterocycles. The van der Waals surface area contributed by atoms with Crippen molar-refractivity contribution in [2.45, 2.75) is 52.6 Å². The number of fused-ring (bicyclic) bond motifs is 1. The number of benzene rings is 2. The minimum absolute atomic E-state index is 0.0158. The number of aromatic nitrogens is 2. The molecule has 2 aromatic carbocycles. The summed E-state index contributed by atoms with van der Waals surface area (Å²) in [7, 11) is 1.83. The van der Waals surface area contributed by atoms with Crippen molar-refractivity contribution in [2.24, 2.45) is 13.0 Å². The second-order valence-corrected chi connectivity index (χ2v) is 9.30. The van der Waals surface area contributed by atoms with E-state index in [-0.39, 0.29) is 23.9 Å². The van der Waals surface area contributed by atoms with Gasteiger partial charge in [0.1, 0.15) is 5.69 Å². The summed E-state index contributed by atoms with van der Waals surface area (Å²) < 4.78 is 1.69. The van der Waals surface area contributed by atoms with Crippen LogP contribution in [0.2, 0.25) is 0 Å². The fourth-order valence-corrected chi connectivity index (χ4v) is 4.87. The number of carbonyl (C=O) groups excluding carboxylic acids is 2. The number of anilines is 2. The van der Waals surface area contributed by atoms with Gasteiger partial charge in [0.2, 0.25) is 5.91 Å². The fraction of sp³-hybridized carbons (Fsp3) is 0.370. The highest BCUT2D eigenvalue weighted by Gasteiger charge is 2.38. The minimum atomic E-state index is -0.150. The van der Waals surface area contributed by atoms with Gasteiger partial charge in [-0.05, 0) is 55.5 Å². The Morgan fingerprint density at radius 1 is 1.09 bits per heavy atom. The van der Waals surface area contributed by atoms with E-state index in [1.165, 1.54) is 0 Å². The van der Waals surface area contributed by atoms with Gasteiger partial charge in [0, 0.05) is 31.4 Å². The van der Waals surface area contributed by atoms with E-state index < -0.39 is 0 Å². The van der Waals surface area contributed by atoms with Crippen LogP contribution in [0, 0.1) is 5.92 Å². The molecule has 0 N–H and O–H groups in total. The van der Waals surface area contributed by atoms with Gasteiger partial charge in [0.25, 0.3) is 5.91 Å². The monoisotopic (exact) mass is 444 g/mol. The molecule has 0 fully saturated rings. The number of aryl methyl sites for hydroxylation is 1. The van der Waals surface area contributed by atoms with Crippen LogP contribution in [0.5, 0.6) is 0 Å². The summed E-state index contributed by atoms with van der Waals surface area (Å²) in [6.07, 6.45) is 1.48. The van der Waals surface area contributed by atoms with E-state index in [9.17, 15) is 9.59 Å². The van der Waals surface area contributed by atoms with Crippen LogP contribution in [0.1, 0.15) is 61.9 Å². The number of carbonyl (C=O) groups is 2. The molecule has 172 valence electrons. The van der Waals surface area contributed by atoms with E-state index in [0.29, 0.717) is 18.0 Å². The largest absolute Gasteiger partial charge is 0.305 e. The molecule has 1 aliphatic heterocycles. The van der Waals surface area contributed by atoms with Gasteiger partial charge in [-0.15, -0.1) is 0 Å². The van der Waals surface area contributed by atoms with Crippen molar-refractivity contribution < 1.29 is 9.59 Å². The van der Waals surface area contributed by atoms with E-state index in [1.807, 2.05) is 77.5 Å². The maximum atomic E-state index is 13.8. The molecule has 0 saturated heterocycles. The zero-order chi connectivity index (χ0) is 23.7. The van der Waals surface area contributed by atoms with Crippen LogP contribution in [0.25, 0.3) is 0 Å². The van der Waals surface area contributed by atoms with Crippen molar-refractivity contribution in [1.82, 2.24) is 9.78 Å². The summed E-state index contributed by atoms with van der Waals surface area (Å²) in [4.78, 5) is 30.2. The number of para-hydroxylation sites is 2. The van der Waals surface area contributed by atoms with Crippen molar-refractivity contribution in [2.75, 3.05) is 9.80 Å². The summed E-state index contributed by atoms with van der Waals surface area (Å²) >= 11 is 0. The molecule has 4 rings (SSSR count). The van der Waals surface area contributed by atoms with Crippen LogP contribution in [0.4, 0.5) is 11.4 Å². The molecule has 0 unspecified atom stereocenters. The predicted molar refractivity (Wildman–Crippen MR) is 131 cm³/mol. The fourth-order valence-electron chi connectivity index (χ4n) is 4.87. The Hall–Kier alpha value is -3.41. The zero-order valence-corrected chi connectivity index (χ0v) is 20.0. The van der Waals surface area contributed by atoms with Gasteiger partial charge in [0.15, 0.2) is 0 Å². The molecular weight excluding hydrogens is 412 g/mol. The quantitative estimate of drug-likeness (QED) is 0.547. The van der Waals surface area contributed by atoms with E-state index in [2.05, 4.69) is 25.9 Å². The van der Waals surface area contributed by atoms with Gasteiger partial charge in [0.05, 0.1) is 11.7 Å². The highest BCUT2D eigenvalue weighted by atomic mass is 16.2. The average Bonchev–Trinajstić information content (AvgIpc) is 3.13. The lowest BCUT2D eigenvalue weighted by Crippen LogP contribution is -2.47. The SMILES string of the molecule is CC(=O)N(c1ccccc1)[C@H]1C[C@@H](C)N(C(=O)c2cc(CC(C)C)nn2C)c2ccccc21. The molecule has 0 spiro atoms. The van der Waals surface area contributed by atoms with E-state index >= 15 is 0 Å². The lowest BCUT2D eigenvalue weighted by atomic mass is 9.89. The molecule has 0 saturated carbocycles. The van der Waals surface area contributed by atoms with Crippen LogP contribution in [-0.2, 0) is 18.3 Å². The lowest BCUT2D eigenvalue weighted by molar-refractivity contribution is -0.117. The number of hydrogen-bond acceptors (Lipinski definition) is 3. The molecule has 2 heterocycles. The Morgan fingerprint density at radius 2 is 1.76 bits per heavy atom.